The lowest BCUT2D eigenvalue weighted by Gasteiger charge is -1.94. The number of aromatic nitrogens is 4. The van der Waals surface area contributed by atoms with Crippen molar-refractivity contribution in [2.24, 2.45) is 17.2 Å². The number of nitrogens with zero attached hydrogens (tertiary/aromatic N) is 2. The summed E-state index contributed by atoms with van der Waals surface area (Å²) in [4.78, 5) is 59.1. The van der Waals surface area contributed by atoms with Crippen LogP contribution in [-0.2, 0) is 9.59 Å². The second-order valence-corrected chi connectivity index (χ2v) is 3.75. The predicted octanol–water partition coefficient (Wildman–Crippen LogP) is -3.60. The van der Waals surface area contributed by atoms with Crippen LogP contribution < -0.4 is 28.5 Å². The number of rotatable bonds is 2. The molecule has 0 fully saturated rings. The van der Waals surface area contributed by atoms with Crippen LogP contribution in [0.1, 0.15) is 0 Å². The van der Waals surface area contributed by atoms with Gasteiger partial charge in [0.25, 0.3) is 5.56 Å². The van der Waals surface area contributed by atoms with Gasteiger partial charge in [-0.3, -0.25) is 24.4 Å². The van der Waals surface area contributed by atoms with E-state index >= 15 is 0 Å². The molecule has 2 heterocycles. The Kier molecular flexibility index (Phi) is 8.10. The molecule has 2 rings (SSSR count). The molecule has 0 aliphatic rings. The number of imidazole rings is 1. The molecule has 0 atom stereocenters. The number of fused-ring (bicyclic) bond motifs is 1. The van der Waals surface area contributed by atoms with Crippen molar-refractivity contribution in [3.8, 4) is 0 Å². The van der Waals surface area contributed by atoms with Gasteiger partial charge in [-0.2, -0.15) is 0 Å². The van der Waals surface area contributed by atoms with E-state index in [1.807, 2.05) is 4.98 Å². The van der Waals surface area contributed by atoms with Crippen LogP contribution >= 0.6 is 0 Å². The standard InChI is InChI=1S/C6H5N5O3.2C2H5NO2/c7-5(13)11-1-8-2-3(11)9-6(14)10-4(2)12;2*3-1-2(4)5/h1H,(H2,7,13)(H2,9,10,12,14);2*1,3H2,(H,4,5). The molecule has 0 unspecified atom stereocenters. The lowest BCUT2D eigenvalue weighted by molar-refractivity contribution is -0.136. The van der Waals surface area contributed by atoms with Gasteiger partial charge < -0.3 is 27.4 Å². The number of H-pyrrole nitrogens is 2. The van der Waals surface area contributed by atoms with Crippen molar-refractivity contribution in [2.75, 3.05) is 13.1 Å². The van der Waals surface area contributed by atoms with Crippen molar-refractivity contribution in [1.82, 2.24) is 19.5 Å². The minimum Gasteiger partial charge on any atom is -0.480 e. The first kappa shape index (κ1) is 20.5. The van der Waals surface area contributed by atoms with Crippen LogP contribution in [0.5, 0.6) is 0 Å². The normalized spacial score (nSPS) is 9.25. The Morgan fingerprint density at radius 3 is 1.92 bits per heavy atom. The third kappa shape index (κ3) is 6.50. The lowest BCUT2D eigenvalue weighted by atomic mass is 10.5. The van der Waals surface area contributed by atoms with Gasteiger partial charge in [0.1, 0.15) is 6.33 Å². The Morgan fingerprint density at radius 1 is 1.08 bits per heavy atom. The summed E-state index contributed by atoms with van der Waals surface area (Å²) >= 11 is 0. The zero-order valence-electron chi connectivity index (χ0n) is 12.1. The lowest BCUT2D eigenvalue weighted by Crippen LogP contribution is -2.25. The number of amides is 1. The second kappa shape index (κ2) is 9.49. The molecule has 0 spiro atoms. The number of aromatic amines is 2. The average molecular weight is 345 g/mol. The molecule has 2 aromatic rings. The second-order valence-electron chi connectivity index (χ2n) is 3.75. The minimum absolute atomic E-state index is 0.00810. The molecule has 0 radical (unpaired) electrons. The molecule has 24 heavy (non-hydrogen) atoms. The smallest absolute Gasteiger partial charge is 0.327 e. The summed E-state index contributed by atoms with van der Waals surface area (Å²) in [6, 6.07) is -0.825. The van der Waals surface area contributed by atoms with Crippen molar-refractivity contribution >= 4 is 29.1 Å². The molecule has 0 saturated carbocycles. The number of aliphatic carboxylic acids is 2. The molecule has 132 valence electrons. The number of carboxylic acid groups (broad SMARTS) is 2. The van der Waals surface area contributed by atoms with Crippen LogP contribution in [0.15, 0.2) is 15.9 Å². The van der Waals surface area contributed by atoms with Crippen LogP contribution in [0, 0.1) is 0 Å². The van der Waals surface area contributed by atoms with E-state index in [9.17, 15) is 24.0 Å². The van der Waals surface area contributed by atoms with Gasteiger partial charge in [-0.15, -0.1) is 0 Å². The summed E-state index contributed by atoms with van der Waals surface area (Å²) in [6.45, 7) is -0.556. The highest BCUT2D eigenvalue weighted by molar-refractivity contribution is 5.85. The van der Waals surface area contributed by atoms with Crippen molar-refractivity contribution in [2.45, 2.75) is 0 Å². The molecule has 14 heteroatoms. The number of primary amides is 1. The van der Waals surface area contributed by atoms with Gasteiger partial charge in [-0.25, -0.2) is 19.1 Å². The van der Waals surface area contributed by atoms with Gasteiger partial charge in [0.15, 0.2) is 11.2 Å². The summed E-state index contributed by atoms with van der Waals surface area (Å²) in [5, 5.41) is 15.2. The maximum atomic E-state index is 11.1. The summed E-state index contributed by atoms with van der Waals surface area (Å²) in [5.74, 6) is -1.94. The zero-order valence-corrected chi connectivity index (χ0v) is 12.1. The molecule has 0 aliphatic carbocycles. The van der Waals surface area contributed by atoms with Gasteiger partial charge >= 0.3 is 23.7 Å². The van der Waals surface area contributed by atoms with E-state index < -0.39 is 29.2 Å². The monoisotopic (exact) mass is 345 g/mol. The van der Waals surface area contributed by atoms with Gasteiger partial charge in [-0.1, -0.05) is 0 Å². The number of carboxylic acids is 2. The number of carbonyl (C=O) groups excluding carboxylic acids is 1. The highest BCUT2D eigenvalue weighted by Crippen LogP contribution is 2.00. The maximum Gasteiger partial charge on any atom is 0.327 e. The summed E-state index contributed by atoms with van der Waals surface area (Å²) < 4.78 is 0.881. The highest BCUT2D eigenvalue weighted by atomic mass is 16.4. The van der Waals surface area contributed by atoms with Crippen LogP contribution in [0.25, 0.3) is 11.2 Å². The number of nitrogens with one attached hydrogen (secondary N) is 2. The molecule has 1 amide bonds. The summed E-state index contributed by atoms with van der Waals surface area (Å²) in [5.41, 5.74) is 12.7. The average Bonchev–Trinajstić information content (AvgIpc) is 2.92. The van der Waals surface area contributed by atoms with E-state index in [-0.39, 0.29) is 24.3 Å². The minimum atomic E-state index is -0.968. The van der Waals surface area contributed by atoms with Gasteiger partial charge in [-0.05, 0) is 0 Å². The quantitative estimate of drug-likeness (QED) is 0.281. The first-order valence-electron chi connectivity index (χ1n) is 5.97. The molecule has 0 aliphatic heterocycles. The van der Waals surface area contributed by atoms with Crippen LogP contribution in [0.2, 0.25) is 0 Å². The molecule has 10 N–H and O–H groups in total. The Bertz CT molecular complexity index is 820. The van der Waals surface area contributed by atoms with Crippen molar-refractivity contribution < 1.29 is 24.6 Å². The first-order chi connectivity index (χ1) is 11.1. The van der Waals surface area contributed by atoms with Crippen LogP contribution in [0.4, 0.5) is 4.79 Å². The molecular weight excluding hydrogens is 330 g/mol. The first-order valence-corrected chi connectivity index (χ1v) is 5.97. The molecule has 0 bridgehead atoms. The van der Waals surface area contributed by atoms with Gasteiger partial charge in [0, 0.05) is 0 Å². The van der Waals surface area contributed by atoms with E-state index in [4.69, 9.17) is 15.9 Å². The third-order valence-corrected chi connectivity index (χ3v) is 2.03. The van der Waals surface area contributed by atoms with Gasteiger partial charge in [0.05, 0.1) is 13.1 Å². The Balaban J connectivity index is 0.000000442. The fourth-order valence-corrected chi connectivity index (χ4v) is 1.10. The van der Waals surface area contributed by atoms with Crippen LogP contribution in [-0.4, -0.2) is 60.8 Å². The largest absolute Gasteiger partial charge is 0.480 e. The Hall–Kier alpha value is -3.52. The number of nitrogens with two attached hydrogens (primary N) is 3. The van der Waals surface area contributed by atoms with E-state index in [1.165, 1.54) is 0 Å². The van der Waals surface area contributed by atoms with E-state index in [0.29, 0.717) is 0 Å². The molecule has 0 saturated heterocycles. The Labute approximate surface area is 131 Å². The number of carbonyl (C=O) groups is 3. The molecular formula is C10H15N7O7. The Morgan fingerprint density at radius 2 is 1.54 bits per heavy atom. The summed E-state index contributed by atoms with van der Waals surface area (Å²) in [6.07, 6.45) is 1.07. The predicted molar refractivity (Wildman–Crippen MR) is 79.3 cm³/mol. The van der Waals surface area contributed by atoms with E-state index in [2.05, 4.69) is 21.4 Å². The van der Waals surface area contributed by atoms with Crippen molar-refractivity contribution in [1.29, 1.82) is 0 Å². The van der Waals surface area contributed by atoms with Crippen LogP contribution in [0.3, 0.4) is 0 Å². The number of hydrogen-bond donors (Lipinski definition) is 7. The maximum absolute atomic E-state index is 11.1. The van der Waals surface area contributed by atoms with Crippen molar-refractivity contribution in [3.05, 3.63) is 27.2 Å². The fraction of sp³-hybridized carbons (Fsp3) is 0.200. The van der Waals surface area contributed by atoms with E-state index in [0.717, 1.165) is 10.9 Å². The summed E-state index contributed by atoms with van der Waals surface area (Å²) in [7, 11) is 0. The zero-order chi connectivity index (χ0) is 18.9. The molecule has 14 nitrogen and oxygen atoms in total. The number of hydrogen-bond acceptors (Lipinski definition) is 8. The molecule has 2 aromatic heterocycles. The highest BCUT2D eigenvalue weighted by Gasteiger charge is 2.10. The topological polar surface area (TPSA) is 253 Å². The third-order valence-electron chi connectivity index (χ3n) is 2.03. The SMILES string of the molecule is NC(=O)n1cnc2c(=O)[nH]c(=O)[nH]c21.NCC(=O)O.NCC(=O)O. The van der Waals surface area contributed by atoms with Crippen molar-refractivity contribution in [3.63, 3.8) is 0 Å². The van der Waals surface area contributed by atoms with Gasteiger partial charge in [0.2, 0.25) is 0 Å². The fourth-order valence-electron chi connectivity index (χ4n) is 1.10. The van der Waals surface area contributed by atoms with E-state index in [1.54, 1.807) is 0 Å². The molecule has 0 aromatic carbocycles.